The molecule has 0 amide bonds. The molecule has 6 nitrogen and oxygen atoms in total. The van der Waals surface area contributed by atoms with Crippen molar-refractivity contribution in [3.05, 3.63) is 11.8 Å². The Morgan fingerprint density at radius 3 is 2.75 bits per heavy atom. The number of hydrogen-bond donors (Lipinski definition) is 0. The Balaban J connectivity index is 1.94. The molecular weight excluding hydrogens is 260 g/mol. The largest absolute Gasteiger partial charge is 0.467 e. The first-order valence-electron chi connectivity index (χ1n) is 7.08. The predicted molar refractivity (Wildman–Crippen MR) is 73.6 cm³/mol. The van der Waals surface area contributed by atoms with E-state index in [0.717, 1.165) is 25.7 Å². The third-order valence-corrected chi connectivity index (χ3v) is 3.70. The van der Waals surface area contributed by atoms with Gasteiger partial charge in [0, 0.05) is 26.7 Å². The summed E-state index contributed by atoms with van der Waals surface area (Å²) in [6, 6.07) is -0.224. The van der Waals surface area contributed by atoms with Gasteiger partial charge in [0.05, 0.1) is 20.3 Å². The van der Waals surface area contributed by atoms with E-state index in [1.807, 2.05) is 24.1 Å². The lowest BCUT2D eigenvalue weighted by Crippen LogP contribution is -2.47. The van der Waals surface area contributed by atoms with Crippen molar-refractivity contribution >= 4 is 5.97 Å². The number of esters is 1. The Labute approximate surface area is 120 Å². The van der Waals surface area contributed by atoms with Crippen molar-refractivity contribution in [3.8, 4) is 0 Å². The van der Waals surface area contributed by atoms with Gasteiger partial charge in [-0.3, -0.25) is 5.01 Å². The maximum absolute atomic E-state index is 11.8. The molecule has 2 aliphatic rings. The van der Waals surface area contributed by atoms with Crippen molar-refractivity contribution in [1.82, 2.24) is 10.0 Å². The zero-order valence-electron chi connectivity index (χ0n) is 12.5. The Kier molecular flexibility index (Phi) is 5.39. The van der Waals surface area contributed by atoms with Crippen LogP contribution in [0.5, 0.6) is 0 Å². The highest BCUT2D eigenvalue weighted by Gasteiger charge is 2.30. The molecule has 0 radical (unpaired) electrons. The summed E-state index contributed by atoms with van der Waals surface area (Å²) in [6.45, 7) is 1.38. The van der Waals surface area contributed by atoms with Crippen LogP contribution in [0, 0.1) is 0 Å². The Morgan fingerprint density at radius 2 is 2.15 bits per heavy atom. The van der Waals surface area contributed by atoms with Crippen molar-refractivity contribution in [2.24, 2.45) is 0 Å². The molecular formula is C14H24N2O4. The first kappa shape index (κ1) is 15.3. The van der Waals surface area contributed by atoms with E-state index in [2.05, 4.69) is 6.20 Å². The van der Waals surface area contributed by atoms with Crippen LogP contribution in [0.1, 0.15) is 25.7 Å². The van der Waals surface area contributed by atoms with Crippen LogP contribution >= 0.6 is 0 Å². The smallest absolute Gasteiger partial charge is 0.330 e. The molecule has 0 aliphatic carbocycles. The normalized spacial score (nSPS) is 24.1. The molecule has 1 unspecified atom stereocenters. The zero-order valence-corrected chi connectivity index (χ0v) is 12.5. The van der Waals surface area contributed by atoms with E-state index < -0.39 is 0 Å². The second-order valence-corrected chi connectivity index (χ2v) is 5.30. The summed E-state index contributed by atoms with van der Waals surface area (Å²) in [4.78, 5) is 11.8. The summed E-state index contributed by atoms with van der Waals surface area (Å²) < 4.78 is 15.8. The molecule has 20 heavy (non-hydrogen) atoms. The van der Waals surface area contributed by atoms with Crippen LogP contribution in [0.3, 0.4) is 0 Å². The Bertz CT molecular complexity index is 364. The summed E-state index contributed by atoms with van der Waals surface area (Å²) in [6.07, 6.45) is 5.49. The lowest BCUT2D eigenvalue weighted by atomic mass is 9.98. The maximum Gasteiger partial charge on any atom is 0.330 e. The summed E-state index contributed by atoms with van der Waals surface area (Å²) in [5, 5.41) is 3.87. The molecule has 6 heteroatoms. The van der Waals surface area contributed by atoms with Crippen LogP contribution in [0.4, 0.5) is 0 Å². The fourth-order valence-electron chi connectivity index (χ4n) is 2.62. The number of methoxy groups -OCH3 is 1. The number of allylic oxidation sites excluding steroid dienone is 1. The van der Waals surface area contributed by atoms with Gasteiger partial charge in [-0.05, 0) is 19.3 Å². The molecule has 114 valence electrons. The minimum absolute atomic E-state index is 0.0676. The van der Waals surface area contributed by atoms with Gasteiger partial charge < -0.3 is 14.2 Å². The fourth-order valence-corrected chi connectivity index (χ4v) is 2.62. The van der Waals surface area contributed by atoms with E-state index >= 15 is 0 Å². The van der Waals surface area contributed by atoms with Gasteiger partial charge >= 0.3 is 5.97 Å². The average Bonchev–Trinajstić information content (AvgIpc) is 2.97. The summed E-state index contributed by atoms with van der Waals surface area (Å²) in [5.41, 5.74) is 1.32. The standard InChI is InChI=1S/C14H24N2O4/c1-15(2)16-10-11(4-6-12(16)14(17)18-3)5-7-13-19-8-9-20-13/h10,12-13H,4-9H2,1-3H3. The third kappa shape index (κ3) is 3.71. The zero-order chi connectivity index (χ0) is 14.5. The van der Waals surface area contributed by atoms with E-state index in [1.54, 1.807) is 0 Å². The van der Waals surface area contributed by atoms with Crippen LogP contribution in [0.15, 0.2) is 11.8 Å². The summed E-state index contributed by atoms with van der Waals surface area (Å²) >= 11 is 0. The number of ether oxygens (including phenoxy) is 3. The third-order valence-electron chi connectivity index (χ3n) is 3.70. The number of carbonyl (C=O) groups is 1. The van der Waals surface area contributed by atoms with E-state index in [9.17, 15) is 4.79 Å². The second kappa shape index (κ2) is 7.06. The van der Waals surface area contributed by atoms with Gasteiger partial charge in [0.25, 0.3) is 0 Å². The molecule has 0 bridgehead atoms. The van der Waals surface area contributed by atoms with E-state index in [0.29, 0.717) is 13.2 Å². The molecule has 2 aliphatic heterocycles. The monoisotopic (exact) mass is 284 g/mol. The Hall–Kier alpha value is -1.11. The number of carbonyl (C=O) groups excluding carboxylic acids is 1. The Morgan fingerprint density at radius 1 is 1.45 bits per heavy atom. The number of hydrazine groups is 1. The summed E-state index contributed by atoms with van der Waals surface area (Å²) in [5.74, 6) is -0.184. The van der Waals surface area contributed by atoms with Gasteiger partial charge in [-0.2, -0.15) is 0 Å². The predicted octanol–water partition coefficient (Wildman–Crippen LogP) is 1.14. The van der Waals surface area contributed by atoms with Gasteiger partial charge in [0.2, 0.25) is 0 Å². The molecule has 0 aromatic carbocycles. The molecule has 0 aromatic heterocycles. The number of hydrogen-bond acceptors (Lipinski definition) is 6. The van der Waals surface area contributed by atoms with Gasteiger partial charge in [-0.15, -0.1) is 0 Å². The van der Waals surface area contributed by atoms with Crippen LogP contribution in [0.2, 0.25) is 0 Å². The minimum Gasteiger partial charge on any atom is -0.467 e. The first-order chi connectivity index (χ1) is 9.61. The van der Waals surface area contributed by atoms with Crippen molar-refractivity contribution in [2.45, 2.75) is 38.0 Å². The molecule has 0 saturated carbocycles. The van der Waals surface area contributed by atoms with Crippen molar-refractivity contribution in [2.75, 3.05) is 34.4 Å². The number of nitrogens with zero attached hydrogens (tertiary/aromatic N) is 2. The average molecular weight is 284 g/mol. The second-order valence-electron chi connectivity index (χ2n) is 5.30. The van der Waals surface area contributed by atoms with Crippen LogP contribution in [-0.4, -0.2) is 62.7 Å². The van der Waals surface area contributed by atoms with Crippen molar-refractivity contribution in [3.63, 3.8) is 0 Å². The molecule has 0 spiro atoms. The molecule has 1 saturated heterocycles. The highest BCUT2D eigenvalue weighted by Crippen LogP contribution is 2.26. The lowest BCUT2D eigenvalue weighted by molar-refractivity contribution is -0.151. The quantitative estimate of drug-likeness (QED) is 0.706. The molecule has 1 fully saturated rings. The number of rotatable bonds is 5. The van der Waals surface area contributed by atoms with Gasteiger partial charge in [-0.25, -0.2) is 9.80 Å². The van der Waals surface area contributed by atoms with Gasteiger partial charge in [-0.1, -0.05) is 5.57 Å². The summed E-state index contributed by atoms with van der Waals surface area (Å²) in [7, 11) is 5.29. The molecule has 2 heterocycles. The molecule has 0 N–H and O–H groups in total. The topological polar surface area (TPSA) is 51.2 Å². The molecule has 2 rings (SSSR count). The fraction of sp³-hybridized carbons (Fsp3) is 0.786. The SMILES string of the molecule is COC(=O)C1CCC(CCC2OCCO2)=CN1N(C)C. The van der Waals surface area contributed by atoms with E-state index in [-0.39, 0.29) is 18.3 Å². The van der Waals surface area contributed by atoms with Crippen LogP contribution < -0.4 is 0 Å². The maximum atomic E-state index is 11.8. The van der Waals surface area contributed by atoms with E-state index in [1.165, 1.54) is 12.7 Å². The van der Waals surface area contributed by atoms with E-state index in [4.69, 9.17) is 14.2 Å². The van der Waals surface area contributed by atoms with Gasteiger partial charge in [0.15, 0.2) is 6.29 Å². The highest BCUT2D eigenvalue weighted by atomic mass is 16.7. The van der Waals surface area contributed by atoms with Crippen LogP contribution in [-0.2, 0) is 19.0 Å². The van der Waals surface area contributed by atoms with Crippen molar-refractivity contribution in [1.29, 1.82) is 0 Å². The van der Waals surface area contributed by atoms with Crippen molar-refractivity contribution < 1.29 is 19.0 Å². The molecule has 0 aromatic rings. The molecule has 1 atom stereocenters. The highest BCUT2D eigenvalue weighted by molar-refractivity contribution is 5.76. The lowest BCUT2D eigenvalue weighted by Gasteiger charge is -2.37. The first-order valence-corrected chi connectivity index (χ1v) is 7.08. The van der Waals surface area contributed by atoms with Gasteiger partial charge in [0.1, 0.15) is 6.04 Å². The van der Waals surface area contributed by atoms with Crippen LogP contribution in [0.25, 0.3) is 0 Å². The minimum atomic E-state index is -0.224.